The molecule has 0 amide bonds. The average Bonchev–Trinajstić information content (AvgIpc) is 2.69. The molecule has 0 unspecified atom stereocenters. The van der Waals surface area contributed by atoms with Crippen LogP contribution >= 0.6 is 15.9 Å². The predicted molar refractivity (Wildman–Crippen MR) is 80.3 cm³/mol. The predicted octanol–water partition coefficient (Wildman–Crippen LogP) is -0.969. The van der Waals surface area contributed by atoms with Crippen LogP contribution in [-0.2, 0) is 6.54 Å². The Morgan fingerprint density at radius 1 is 1.29 bits per heavy atom. The number of hydrogen-bond acceptors (Lipinski definition) is 3. The van der Waals surface area contributed by atoms with Crippen LogP contribution < -0.4 is 27.3 Å². The summed E-state index contributed by atoms with van der Waals surface area (Å²) in [7, 11) is 0. The maximum Gasteiger partial charge on any atom is 0.272 e. The first-order chi connectivity index (χ1) is 9.56. The molecule has 110 valence electrons. The minimum Gasteiger partial charge on any atom is -1.00 e. The number of pyridine rings is 1. The summed E-state index contributed by atoms with van der Waals surface area (Å²) in [6.45, 7) is 4.62. The highest BCUT2D eigenvalue weighted by Gasteiger charge is 2.16. The van der Waals surface area contributed by atoms with Crippen LogP contribution in [0, 0.1) is 13.8 Å². The summed E-state index contributed by atoms with van der Waals surface area (Å²) in [4.78, 5) is 9.06. The third-order valence-corrected chi connectivity index (χ3v) is 4.02. The molecule has 3 aromatic heterocycles. The van der Waals surface area contributed by atoms with Gasteiger partial charge in [0.05, 0.1) is 6.20 Å². The second-order valence-electron chi connectivity index (χ2n) is 4.78. The molecule has 0 atom stereocenters. The lowest BCUT2D eigenvalue weighted by atomic mass is 10.3. The van der Waals surface area contributed by atoms with Crippen molar-refractivity contribution >= 4 is 27.5 Å². The largest absolute Gasteiger partial charge is 1.00 e. The Bertz CT molecular complexity index is 797. The van der Waals surface area contributed by atoms with E-state index in [1.165, 1.54) is 0 Å². The Morgan fingerprint density at radius 3 is 2.76 bits per heavy atom. The van der Waals surface area contributed by atoms with Gasteiger partial charge in [-0.3, -0.25) is 10.1 Å². The molecule has 0 saturated carbocycles. The van der Waals surface area contributed by atoms with E-state index in [4.69, 9.17) is 5.73 Å². The van der Waals surface area contributed by atoms with Gasteiger partial charge in [-0.25, -0.2) is 14.5 Å². The van der Waals surface area contributed by atoms with Gasteiger partial charge in [0, 0.05) is 17.5 Å². The quantitative estimate of drug-likeness (QED) is 0.551. The van der Waals surface area contributed by atoms with Gasteiger partial charge in [-0.05, 0) is 41.9 Å². The fraction of sp³-hybridized carbons (Fsp3) is 0.214. The van der Waals surface area contributed by atoms with E-state index in [0.29, 0.717) is 18.1 Å². The van der Waals surface area contributed by atoms with Crippen LogP contribution in [-0.4, -0.2) is 14.4 Å². The first kappa shape index (κ1) is 15.9. The number of hydrogen-bond donors (Lipinski definition) is 1. The zero-order chi connectivity index (χ0) is 14.3. The van der Waals surface area contributed by atoms with Crippen LogP contribution in [0.15, 0.2) is 35.1 Å². The summed E-state index contributed by atoms with van der Waals surface area (Å²) in [5.41, 5.74) is 8.94. The molecule has 0 fully saturated rings. The maximum atomic E-state index is 5.96. The van der Waals surface area contributed by atoms with Gasteiger partial charge in [0.15, 0.2) is 0 Å². The fourth-order valence-electron chi connectivity index (χ4n) is 2.27. The second-order valence-corrected chi connectivity index (χ2v) is 5.53. The van der Waals surface area contributed by atoms with E-state index in [9.17, 15) is 0 Å². The number of rotatable bonds is 2. The molecule has 0 aliphatic heterocycles. The molecule has 0 bridgehead atoms. The third kappa shape index (κ3) is 2.94. The number of aromatic nitrogens is 4. The molecule has 0 aliphatic carbocycles. The van der Waals surface area contributed by atoms with Crippen molar-refractivity contribution in [2.75, 3.05) is 5.73 Å². The minimum atomic E-state index is 0. The maximum absolute atomic E-state index is 5.96. The molecule has 0 spiro atoms. The lowest BCUT2D eigenvalue weighted by Gasteiger charge is -2.02. The van der Waals surface area contributed by atoms with Gasteiger partial charge >= 0.3 is 0 Å². The molecule has 0 radical (unpaired) electrons. The summed E-state index contributed by atoms with van der Waals surface area (Å²) in [6.07, 6.45) is 1.94. The number of nitrogen functional groups attached to an aromatic ring is 1. The topological polar surface area (TPSA) is 60.1 Å². The average molecular weight is 413 g/mol. The molecule has 0 aromatic carbocycles. The van der Waals surface area contributed by atoms with Crippen molar-refractivity contribution in [2.45, 2.75) is 20.4 Å². The van der Waals surface area contributed by atoms with Crippen molar-refractivity contribution in [2.24, 2.45) is 0 Å². The van der Waals surface area contributed by atoms with E-state index in [2.05, 4.69) is 25.9 Å². The summed E-state index contributed by atoms with van der Waals surface area (Å²) >= 11 is 3.62. The molecule has 0 aliphatic rings. The number of fused-ring (bicyclic) bond motifs is 1. The van der Waals surface area contributed by atoms with Crippen LogP contribution in [0.2, 0.25) is 0 Å². The highest BCUT2D eigenvalue weighted by atomic mass is 79.9. The van der Waals surface area contributed by atoms with Gasteiger partial charge in [-0.1, -0.05) is 6.07 Å². The SMILES string of the molecule is Cc1cc(C)n2c(Br)c(C[n+]3ccccc3N)nc2n1.[Br-]. The Balaban J connectivity index is 0.00000161. The highest BCUT2D eigenvalue weighted by molar-refractivity contribution is 9.10. The summed E-state index contributed by atoms with van der Waals surface area (Å²) in [5.74, 6) is 1.41. The van der Waals surface area contributed by atoms with Gasteiger partial charge in [-0.15, -0.1) is 0 Å². The standard InChI is InChI=1S/C14H14BrN5.BrH/c1-9-7-10(2)20-13(15)11(18-14(20)17-9)8-19-6-4-3-5-12(19)16;/h3-7,16H,8H2,1-2H3;1H. The second kappa shape index (κ2) is 6.11. The van der Waals surface area contributed by atoms with Crippen molar-refractivity contribution in [3.05, 3.63) is 52.1 Å². The van der Waals surface area contributed by atoms with Crippen molar-refractivity contribution in [1.82, 2.24) is 14.4 Å². The van der Waals surface area contributed by atoms with E-state index in [1.807, 2.05) is 53.3 Å². The number of nitrogens with zero attached hydrogens (tertiary/aromatic N) is 4. The van der Waals surface area contributed by atoms with Gasteiger partial charge in [0.1, 0.15) is 16.8 Å². The van der Waals surface area contributed by atoms with Crippen LogP contribution in [0.25, 0.3) is 5.78 Å². The first-order valence-electron chi connectivity index (χ1n) is 6.31. The minimum absolute atomic E-state index is 0. The van der Waals surface area contributed by atoms with Crippen LogP contribution in [0.4, 0.5) is 5.82 Å². The van der Waals surface area contributed by atoms with Crippen LogP contribution in [0.5, 0.6) is 0 Å². The number of halogens is 2. The lowest BCUT2D eigenvalue weighted by molar-refractivity contribution is -0.674. The molecule has 3 aromatic rings. The highest BCUT2D eigenvalue weighted by Crippen LogP contribution is 2.20. The van der Waals surface area contributed by atoms with Crippen molar-refractivity contribution < 1.29 is 21.5 Å². The summed E-state index contributed by atoms with van der Waals surface area (Å²) in [6, 6.07) is 7.78. The molecule has 3 rings (SSSR count). The summed E-state index contributed by atoms with van der Waals surface area (Å²) in [5, 5.41) is 0. The number of aryl methyl sites for hydroxylation is 2. The molecule has 21 heavy (non-hydrogen) atoms. The van der Waals surface area contributed by atoms with Gasteiger partial charge < -0.3 is 17.0 Å². The van der Waals surface area contributed by atoms with E-state index in [-0.39, 0.29) is 17.0 Å². The molecule has 3 heterocycles. The molecule has 5 nitrogen and oxygen atoms in total. The van der Waals surface area contributed by atoms with Crippen molar-refractivity contribution in [3.8, 4) is 0 Å². The molecular formula is C14H15Br2N5. The molecule has 7 heteroatoms. The summed E-state index contributed by atoms with van der Waals surface area (Å²) < 4.78 is 4.88. The Labute approximate surface area is 141 Å². The van der Waals surface area contributed by atoms with E-state index in [0.717, 1.165) is 21.7 Å². The van der Waals surface area contributed by atoms with Crippen molar-refractivity contribution in [3.63, 3.8) is 0 Å². The number of anilines is 1. The third-order valence-electron chi connectivity index (χ3n) is 3.21. The van der Waals surface area contributed by atoms with Crippen LogP contribution in [0.1, 0.15) is 17.1 Å². The van der Waals surface area contributed by atoms with E-state index < -0.39 is 0 Å². The molecule has 2 N–H and O–H groups in total. The van der Waals surface area contributed by atoms with Gasteiger partial charge in [0.2, 0.25) is 5.78 Å². The molecular weight excluding hydrogens is 398 g/mol. The monoisotopic (exact) mass is 411 g/mol. The van der Waals surface area contributed by atoms with E-state index in [1.54, 1.807) is 0 Å². The first-order valence-corrected chi connectivity index (χ1v) is 7.10. The zero-order valence-electron chi connectivity index (χ0n) is 11.7. The zero-order valence-corrected chi connectivity index (χ0v) is 14.9. The van der Waals surface area contributed by atoms with Gasteiger partial charge in [0.25, 0.3) is 5.82 Å². The Morgan fingerprint density at radius 2 is 2.05 bits per heavy atom. The van der Waals surface area contributed by atoms with Gasteiger partial charge in [-0.2, -0.15) is 0 Å². The molecule has 0 saturated heterocycles. The Hall–Kier alpha value is -1.47. The number of nitrogens with two attached hydrogens (primary N) is 1. The Kier molecular flexibility index (Phi) is 4.63. The number of imidazole rings is 1. The fourth-order valence-corrected chi connectivity index (χ4v) is 2.93. The lowest BCUT2D eigenvalue weighted by Crippen LogP contribution is -3.00. The van der Waals surface area contributed by atoms with Crippen LogP contribution in [0.3, 0.4) is 0 Å². The smallest absolute Gasteiger partial charge is 0.272 e. The normalized spacial score (nSPS) is 10.6. The van der Waals surface area contributed by atoms with Crippen molar-refractivity contribution in [1.29, 1.82) is 0 Å². The van der Waals surface area contributed by atoms with E-state index >= 15 is 0 Å².